The highest BCUT2D eigenvalue weighted by Crippen LogP contribution is 2.19. The second-order valence-corrected chi connectivity index (χ2v) is 4.80. The van der Waals surface area contributed by atoms with Gasteiger partial charge in [0.2, 0.25) is 0 Å². The molecular weight excluding hydrogens is 331 g/mol. The Morgan fingerprint density at radius 3 is 2.60 bits per heavy atom. The van der Waals surface area contributed by atoms with Gasteiger partial charge in [-0.3, -0.25) is 14.9 Å². The summed E-state index contributed by atoms with van der Waals surface area (Å²) in [6, 6.07) is 9.68. The van der Waals surface area contributed by atoms with Gasteiger partial charge in [-0.25, -0.2) is 4.39 Å². The highest BCUT2D eigenvalue weighted by Gasteiger charge is 2.16. The van der Waals surface area contributed by atoms with Crippen molar-refractivity contribution in [3.05, 3.63) is 68.4 Å². The van der Waals surface area contributed by atoms with Crippen LogP contribution in [0.15, 0.2) is 46.9 Å². The summed E-state index contributed by atoms with van der Waals surface area (Å²) in [4.78, 5) is 21.7. The van der Waals surface area contributed by atoms with Crippen LogP contribution in [-0.2, 0) is 0 Å². The monoisotopic (exact) mass is 338 g/mol. The van der Waals surface area contributed by atoms with Crippen molar-refractivity contribution < 1.29 is 14.1 Å². The summed E-state index contributed by atoms with van der Waals surface area (Å²) >= 11 is 3.25. The smallest absolute Gasteiger partial charge is 0.272 e. The van der Waals surface area contributed by atoms with E-state index < -0.39 is 22.3 Å². The molecule has 0 radical (unpaired) electrons. The molecule has 5 nitrogen and oxygen atoms in total. The summed E-state index contributed by atoms with van der Waals surface area (Å²) in [6.07, 6.45) is 0. The van der Waals surface area contributed by atoms with Crippen LogP contribution in [0.1, 0.15) is 10.4 Å². The lowest BCUT2D eigenvalue weighted by atomic mass is 10.1. The van der Waals surface area contributed by atoms with E-state index in [-0.39, 0.29) is 5.56 Å². The van der Waals surface area contributed by atoms with Crippen LogP contribution in [0, 0.1) is 15.9 Å². The molecule has 1 N–H and O–H groups in total. The molecule has 2 aromatic carbocycles. The van der Waals surface area contributed by atoms with Crippen molar-refractivity contribution in [2.45, 2.75) is 0 Å². The number of nitro groups is 1. The summed E-state index contributed by atoms with van der Waals surface area (Å²) in [6.45, 7) is 0. The van der Waals surface area contributed by atoms with Gasteiger partial charge in [0.05, 0.1) is 16.6 Å². The van der Waals surface area contributed by atoms with Gasteiger partial charge < -0.3 is 5.32 Å². The predicted molar refractivity (Wildman–Crippen MR) is 75.1 cm³/mol. The molecule has 102 valence electrons. The van der Waals surface area contributed by atoms with Gasteiger partial charge in [-0.2, -0.15) is 0 Å². The first-order chi connectivity index (χ1) is 9.47. The second kappa shape index (κ2) is 5.79. The van der Waals surface area contributed by atoms with Crippen LogP contribution in [0.25, 0.3) is 0 Å². The Morgan fingerprint density at radius 2 is 2.00 bits per heavy atom. The molecule has 0 bridgehead atoms. The third kappa shape index (κ3) is 3.18. The van der Waals surface area contributed by atoms with Gasteiger partial charge in [-0.1, -0.05) is 22.0 Å². The molecule has 7 heteroatoms. The molecule has 2 aromatic rings. The molecular formula is C13H8BrFN2O3. The summed E-state index contributed by atoms with van der Waals surface area (Å²) in [5.41, 5.74) is -0.167. The summed E-state index contributed by atoms with van der Waals surface area (Å²) in [5, 5.41) is 13.0. The van der Waals surface area contributed by atoms with E-state index in [4.69, 9.17) is 0 Å². The van der Waals surface area contributed by atoms with Crippen molar-refractivity contribution in [2.75, 3.05) is 5.32 Å². The lowest BCUT2D eigenvalue weighted by Gasteiger charge is -2.06. The largest absolute Gasteiger partial charge is 0.322 e. The number of hydrogen-bond acceptors (Lipinski definition) is 3. The van der Waals surface area contributed by atoms with E-state index in [1.54, 1.807) is 24.3 Å². The quantitative estimate of drug-likeness (QED) is 0.684. The van der Waals surface area contributed by atoms with Crippen molar-refractivity contribution in [1.82, 2.24) is 0 Å². The number of halogens is 2. The highest BCUT2D eigenvalue weighted by molar-refractivity contribution is 9.10. The lowest BCUT2D eigenvalue weighted by molar-refractivity contribution is -0.385. The second-order valence-electron chi connectivity index (χ2n) is 3.89. The molecule has 0 fully saturated rings. The standard InChI is InChI=1S/C13H8BrFN2O3/c14-8-2-1-3-9(6-8)16-13(18)11-5-4-10(17(19)20)7-12(11)15/h1-7H,(H,16,18). The average molecular weight is 339 g/mol. The number of amides is 1. The number of anilines is 1. The van der Waals surface area contributed by atoms with Crippen LogP contribution >= 0.6 is 15.9 Å². The Morgan fingerprint density at radius 1 is 1.25 bits per heavy atom. The lowest BCUT2D eigenvalue weighted by Crippen LogP contribution is -2.13. The fourth-order valence-corrected chi connectivity index (χ4v) is 1.97. The Kier molecular flexibility index (Phi) is 4.09. The Balaban J connectivity index is 2.23. The molecule has 0 saturated heterocycles. The average Bonchev–Trinajstić information content (AvgIpc) is 2.38. The first kappa shape index (κ1) is 14.1. The molecule has 0 aromatic heterocycles. The first-order valence-electron chi connectivity index (χ1n) is 5.48. The molecule has 0 aliphatic carbocycles. The molecule has 2 rings (SSSR count). The van der Waals surface area contributed by atoms with Gasteiger partial charge in [0.15, 0.2) is 0 Å². The van der Waals surface area contributed by atoms with Crippen LogP contribution in [0.2, 0.25) is 0 Å². The maximum atomic E-state index is 13.7. The molecule has 20 heavy (non-hydrogen) atoms. The molecule has 1 amide bonds. The minimum atomic E-state index is -0.938. The number of nitrogens with zero attached hydrogens (tertiary/aromatic N) is 1. The third-order valence-electron chi connectivity index (χ3n) is 2.49. The van der Waals surface area contributed by atoms with Crippen LogP contribution in [0.4, 0.5) is 15.8 Å². The summed E-state index contributed by atoms with van der Waals surface area (Å²) < 4.78 is 14.4. The Labute approximate surface area is 121 Å². The maximum absolute atomic E-state index is 13.7. The van der Waals surface area contributed by atoms with Crippen molar-refractivity contribution in [3.8, 4) is 0 Å². The SMILES string of the molecule is O=C(Nc1cccc(Br)c1)c1ccc([N+](=O)[O-])cc1F. The van der Waals surface area contributed by atoms with E-state index in [1.807, 2.05) is 0 Å². The molecule has 0 spiro atoms. The van der Waals surface area contributed by atoms with Crippen LogP contribution in [0.5, 0.6) is 0 Å². The fourth-order valence-electron chi connectivity index (χ4n) is 1.57. The van der Waals surface area contributed by atoms with E-state index in [0.717, 1.165) is 22.7 Å². The zero-order valence-corrected chi connectivity index (χ0v) is 11.6. The summed E-state index contributed by atoms with van der Waals surface area (Å²) in [7, 11) is 0. The van der Waals surface area contributed by atoms with Crippen LogP contribution in [-0.4, -0.2) is 10.8 Å². The normalized spacial score (nSPS) is 10.1. The Hall–Kier alpha value is -2.28. The van der Waals surface area contributed by atoms with Gasteiger partial charge in [0.25, 0.3) is 11.6 Å². The highest BCUT2D eigenvalue weighted by atomic mass is 79.9. The topological polar surface area (TPSA) is 72.2 Å². The number of rotatable bonds is 3. The minimum Gasteiger partial charge on any atom is -0.322 e. The van der Waals surface area contributed by atoms with Crippen molar-refractivity contribution in [1.29, 1.82) is 0 Å². The number of carbonyl (C=O) groups excluding carboxylic acids is 1. The Bertz CT molecular complexity index is 691. The molecule has 0 unspecified atom stereocenters. The minimum absolute atomic E-state index is 0.254. The van der Waals surface area contributed by atoms with Gasteiger partial charge >= 0.3 is 0 Å². The number of nitrogens with one attached hydrogen (secondary N) is 1. The van der Waals surface area contributed by atoms with Crippen molar-refractivity contribution >= 4 is 33.2 Å². The van der Waals surface area contributed by atoms with Gasteiger partial charge in [0, 0.05) is 16.2 Å². The number of nitro benzene ring substituents is 1. The predicted octanol–water partition coefficient (Wildman–Crippen LogP) is 3.75. The molecule has 0 aliphatic rings. The molecule has 0 saturated carbocycles. The summed E-state index contributed by atoms with van der Waals surface area (Å²) in [5.74, 6) is -1.61. The van der Waals surface area contributed by atoms with E-state index in [2.05, 4.69) is 21.2 Å². The molecule has 0 atom stereocenters. The molecule has 0 heterocycles. The van der Waals surface area contributed by atoms with Crippen molar-refractivity contribution in [3.63, 3.8) is 0 Å². The van der Waals surface area contributed by atoms with Gasteiger partial charge in [-0.05, 0) is 24.3 Å². The number of non-ortho nitro benzene ring substituents is 1. The zero-order chi connectivity index (χ0) is 14.7. The van der Waals surface area contributed by atoms with E-state index in [1.165, 1.54) is 0 Å². The first-order valence-corrected chi connectivity index (χ1v) is 6.27. The van der Waals surface area contributed by atoms with E-state index in [9.17, 15) is 19.3 Å². The van der Waals surface area contributed by atoms with Gasteiger partial charge in [-0.15, -0.1) is 0 Å². The number of hydrogen-bond donors (Lipinski definition) is 1. The fraction of sp³-hybridized carbons (Fsp3) is 0. The number of benzene rings is 2. The zero-order valence-electron chi connectivity index (χ0n) is 9.97. The molecule has 0 aliphatic heterocycles. The van der Waals surface area contributed by atoms with E-state index >= 15 is 0 Å². The van der Waals surface area contributed by atoms with Crippen LogP contribution < -0.4 is 5.32 Å². The van der Waals surface area contributed by atoms with E-state index in [0.29, 0.717) is 5.69 Å². The van der Waals surface area contributed by atoms with Crippen molar-refractivity contribution in [2.24, 2.45) is 0 Å². The van der Waals surface area contributed by atoms with Crippen LogP contribution in [0.3, 0.4) is 0 Å². The number of carbonyl (C=O) groups is 1. The third-order valence-corrected chi connectivity index (χ3v) is 2.98. The maximum Gasteiger partial charge on any atom is 0.272 e. The van der Waals surface area contributed by atoms with Gasteiger partial charge in [0.1, 0.15) is 5.82 Å².